The second kappa shape index (κ2) is 5.92. The van der Waals surface area contributed by atoms with Crippen molar-refractivity contribution in [2.75, 3.05) is 5.32 Å². The Morgan fingerprint density at radius 3 is 2.52 bits per heavy atom. The molecule has 1 aliphatic rings. The molecule has 6 nitrogen and oxygen atoms in total. The van der Waals surface area contributed by atoms with Gasteiger partial charge < -0.3 is 5.32 Å². The van der Waals surface area contributed by atoms with Crippen molar-refractivity contribution >= 4 is 27.5 Å². The van der Waals surface area contributed by atoms with Crippen LogP contribution in [0, 0.1) is 11.6 Å². The van der Waals surface area contributed by atoms with Crippen LogP contribution in [0.4, 0.5) is 14.5 Å². The molecule has 1 N–H and O–H groups in total. The van der Waals surface area contributed by atoms with Gasteiger partial charge in [0.1, 0.15) is 22.6 Å². The Morgan fingerprint density at radius 2 is 1.84 bits per heavy atom. The van der Waals surface area contributed by atoms with Gasteiger partial charge in [-0.3, -0.25) is 9.59 Å². The van der Waals surface area contributed by atoms with E-state index in [-0.39, 0.29) is 10.5 Å². The molecule has 0 bridgehead atoms. The molecule has 2 aromatic carbocycles. The van der Waals surface area contributed by atoms with Gasteiger partial charge in [0, 0.05) is 6.07 Å². The van der Waals surface area contributed by atoms with Crippen LogP contribution < -0.4 is 5.32 Å². The highest BCUT2D eigenvalue weighted by atomic mass is 32.2. The number of hydrogen-bond acceptors (Lipinski definition) is 4. The highest BCUT2D eigenvalue weighted by Crippen LogP contribution is 2.32. The maximum absolute atomic E-state index is 13.6. The molecule has 0 fully saturated rings. The minimum Gasteiger partial charge on any atom is -0.322 e. The lowest BCUT2D eigenvalue weighted by molar-refractivity contribution is -0.118. The Morgan fingerprint density at radius 1 is 1.16 bits per heavy atom. The summed E-state index contributed by atoms with van der Waals surface area (Å²) in [6.07, 6.45) is 0. The van der Waals surface area contributed by atoms with Gasteiger partial charge in [0.05, 0.1) is 11.3 Å². The van der Waals surface area contributed by atoms with Crippen molar-refractivity contribution in [2.24, 2.45) is 0 Å². The summed E-state index contributed by atoms with van der Waals surface area (Å²) in [6.45, 7) is 1.19. The largest absolute Gasteiger partial charge is 0.322 e. The first kappa shape index (κ1) is 17.0. The molecule has 1 aliphatic heterocycles. The lowest BCUT2D eigenvalue weighted by Crippen LogP contribution is -2.45. The summed E-state index contributed by atoms with van der Waals surface area (Å²) in [5, 5.41) is 2.10. The Hall–Kier alpha value is -2.81. The molecule has 3 rings (SSSR count). The van der Waals surface area contributed by atoms with E-state index in [1.54, 1.807) is 0 Å². The first-order valence-corrected chi connectivity index (χ1v) is 8.61. The first-order valence-electron chi connectivity index (χ1n) is 7.17. The van der Waals surface area contributed by atoms with Crippen molar-refractivity contribution in [3.05, 3.63) is 59.7 Å². The summed E-state index contributed by atoms with van der Waals surface area (Å²) < 4.78 is 52.3. The molecule has 0 aromatic heterocycles. The van der Waals surface area contributed by atoms with Crippen LogP contribution in [0.2, 0.25) is 0 Å². The molecule has 0 saturated carbocycles. The van der Waals surface area contributed by atoms with E-state index >= 15 is 0 Å². The fourth-order valence-electron chi connectivity index (χ4n) is 2.52. The van der Waals surface area contributed by atoms with Gasteiger partial charge in [0.25, 0.3) is 15.9 Å². The van der Waals surface area contributed by atoms with E-state index in [1.165, 1.54) is 31.2 Å². The maximum atomic E-state index is 13.6. The quantitative estimate of drug-likeness (QED) is 0.902. The van der Waals surface area contributed by atoms with E-state index in [0.29, 0.717) is 4.31 Å². The highest BCUT2D eigenvalue weighted by molar-refractivity contribution is 7.90. The number of carbonyl (C=O) groups excluding carboxylic acids is 2. The van der Waals surface area contributed by atoms with Gasteiger partial charge >= 0.3 is 0 Å². The average Bonchev–Trinajstić information content (AvgIpc) is 2.77. The fourth-order valence-corrected chi connectivity index (χ4v) is 4.25. The number of sulfonamides is 1. The van der Waals surface area contributed by atoms with Crippen molar-refractivity contribution in [1.82, 2.24) is 4.31 Å². The number of halogens is 2. The number of amides is 2. The molecule has 0 unspecified atom stereocenters. The van der Waals surface area contributed by atoms with Crippen LogP contribution >= 0.6 is 0 Å². The van der Waals surface area contributed by atoms with Crippen LogP contribution in [0.3, 0.4) is 0 Å². The van der Waals surface area contributed by atoms with Gasteiger partial charge in [-0.05, 0) is 31.2 Å². The average molecular weight is 366 g/mol. The normalized spacial score (nSPS) is 16.4. The summed E-state index contributed by atoms with van der Waals surface area (Å²) in [4.78, 5) is 24.5. The predicted molar refractivity (Wildman–Crippen MR) is 84.2 cm³/mol. The summed E-state index contributed by atoms with van der Waals surface area (Å²) in [6, 6.07) is 6.57. The minimum absolute atomic E-state index is 0.0425. The minimum atomic E-state index is -4.20. The summed E-state index contributed by atoms with van der Waals surface area (Å²) in [5.41, 5.74) is -0.488. The predicted octanol–water partition coefficient (Wildman–Crippen LogP) is 2.14. The van der Waals surface area contributed by atoms with Gasteiger partial charge in [-0.2, -0.15) is 0 Å². The van der Waals surface area contributed by atoms with E-state index < -0.39 is 45.2 Å². The zero-order chi connectivity index (χ0) is 18.4. The zero-order valence-electron chi connectivity index (χ0n) is 12.9. The number of hydrogen-bond donors (Lipinski definition) is 1. The van der Waals surface area contributed by atoms with E-state index in [0.717, 1.165) is 18.2 Å². The number of fused-ring (bicyclic) bond motifs is 1. The number of anilines is 1. The Labute approximate surface area is 142 Å². The van der Waals surface area contributed by atoms with Crippen LogP contribution in [-0.4, -0.2) is 30.6 Å². The molecule has 2 amide bonds. The van der Waals surface area contributed by atoms with Crippen molar-refractivity contribution in [1.29, 1.82) is 0 Å². The molecule has 1 heterocycles. The third-order valence-corrected chi connectivity index (χ3v) is 5.68. The summed E-state index contributed by atoms with van der Waals surface area (Å²) in [5.74, 6) is -3.48. The van der Waals surface area contributed by atoms with Crippen LogP contribution in [0.1, 0.15) is 17.3 Å². The number of nitrogens with zero attached hydrogens (tertiary/aromatic N) is 1. The zero-order valence-corrected chi connectivity index (χ0v) is 13.7. The van der Waals surface area contributed by atoms with Crippen molar-refractivity contribution < 1.29 is 26.8 Å². The summed E-state index contributed by atoms with van der Waals surface area (Å²) >= 11 is 0. The van der Waals surface area contributed by atoms with Gasteiger partial charge in [-0.15, -0.1) is 0 Å². The molecular formula is C16H12F2N2O4S. The molecule has 9 heteroatoms. The van der Waals surface area contributed by atoms with E-state index in [1.807, 2.05) is 0 Å². The second-order valence-electron chi connectivity index (χ2n) is 5.39. The standard InChI is InChI=1S/C16H12F2N2O4S/c1-9(15(21)19-13-8-10(17)6-7-12(13)18)20-16(22)11-4-2-3-5-14(11)25(20,23)24/h2-9H,1H3,(H,19,21)/t9-/m0/s1. The molecule has 1 atom stereocenters. The molecule has 25 heavy (non-hydrogen) atoms. The lowest BCUT2D eigenvalue weighted by Gasteiger charge is -2.22. The van der Waals surface area contributed by atoms with Crippen LogP contribution in [0.25, 0.3) is 0 Å². The number of nitrogens with one attached hydrogen (secondary N) is 1. The Balaban J connectivity index is 1.91. The van der Waals surface area contributed by atoms with Crippen molar-refractivity contribution in [3.8, 4) is 0 Å². The first-order chi connectivity index (χ1) is 11.7. The fraction of sp³-hybridized carbons (Fsp3) is 0.125. The molecule has 2 aromatic rings. The highest BCUT2D eigenvalue weighted by Gasteiger charge is 2.45. The van der Waals surface area contributed by atoms with Crippen LogP contribution in [0.5, 0.6) is 0 Å². The Kier molecular flexibility index (Phi) is 4.03. The monoisotopic (exact) mass is 366 g/mol. The van der Waals surface area contributed by atoms with Crippen LogP contribution in [-0.2, 0) is 14.8 Å². The maximum Gasteiger partial charge on any atom is 0.269 e. The molecule has 0 radical (unpaired) electrons. The third-order valence-electron chi connectivity index (χ3n) is 3.77. The molecule has 0 aliphatic carbocycles. The van der Waals surface area contributed by atoms with Crippen molar-refractivity contribution in [2.45, 2.75) is 17.9 Å². The van der Waals surface area contributed by atoms with Gasteiger partial charge in [0.15, 0.2) is 0 Å². The molecule has 0 spiro atoms. The van der Waals surface area contributed by atoms with Crippen LogP contribution in [0.15, 0.2) is 47.4 Å². The molecule has 0 saturated heterocycles. The van der Waals surface area contributed by atoms with Gasteiger partial charge in [0.2, 0.25) is 5.91 Å². The Bertz CT molecular complexity index is 991. The SMILES string of the molecule is C[C@@H](C(=O)Nc1cc(F)ccc1F)N1C(=O)c2ccccc2S1(=O)=O. The van der Waals surface area contributed by atoms with E-state index in [4.69, 9.17) is 0 Å². The summed E-state index contributed by atoms with van der Waals surface area (Å²) in [7, 11) is -4.20. The van der Waals surface area contributed by atoms with Crippen molar-refractivity contribution in [3.63, 3.8) is 0 Å². The topological polar surface area (TPSA) is 83.6 Å². The smallest absolute Gasteiger partial charge is 0.269 e. The number of rotatable bonds is 3. The van der Waals surface area contributed by atoms with E-state index in [2.05, 4.69) is 5.32 Å². The number of benzene rings is 2. The van der Waals surface area contributed by atoms with E-state index in [9.17, 15) is 26.8 Å². The lowest BCUT2D eigenvalue weighted by atomic mass is 10.2. The number of carbonyl (C=O) groups is 2. The van der Waals surface area contributed by atoms with Gasteiger partial charge in [-0.25, -0.2) is 21.5 Å². The second-order valence-corrected chi connectivity index (χ2v) is 7.17. The van der Waals surface area contributed by atoms with Gasteiger partial charge in [-0.1, -0.05) is 12.1 Å². The third kappa shape index (κ3) is 2.76. The molecular weight excluding hydrogens is 354 g/mol. The molecule has 130 valence electrons.